The SMILES string of the molecule is CN(Cc1cccc(Br)c1)CC1CCC2CCCCC2N1. The Bertz CT molecular complexity index is 462. The molecule has 3 atom stereocenters. The number of likely N-dealkylation sites (N-methyl/N-ethyl adjacent to an activating group) is 1. The van der Waals surface area contributed by atoms with Gasteiger partial charge in [-0.05, 0) is 56.3 Å². The van der Waals surface area contributed by atoms with E-state index in [1.165, 1.54) is 48.6 Å². The molecule has 1 aromatic carbocycles. The van der Waals surface area contributed by atoms with E-state index in [2.05, 4.69) is 57.5 Å². The number of nitrogens with zero attached hydrogens (tertiary/aromatic N) is 1. The van der Waals surface area contributed by atoms with Crippen LogP contribution in [0, 0.1) is 5.92 Å². The molecule has 1 saturated carbocycles. The lowest BCUT2D eigenvalue weighted by molar-refractivity contribution is 0.151. The first-order valence-electron chi connectivity index (χ1n) is 8.40. The molecule has 1 N–H and O–H groups in total. The molecule has 1 aliphatic carbocycles. The predicted octanol–water partition coefficient (Wildman–Crippen LogP) is 4.19. The van der Waals surface area contributed by atoms with Crippen molar-refractivity contribution < 1.29 is 0 Å². The molecule has 1 aliphatic heterocycles. The van der Waals surface area contributed by atoms with Gasteiger partial charge in [0, 0.05) is 29.6 Å². The topological polar surface area (TPSA) is 15.3 Å². The van der Waals surface area contributed by atoms with Gasteiger partial charge in [0.1, 0.15) is 0 Å². The zero-order valence-corrected chi connectivity index (χ0v) is 14.6. The van der Waals surface area contributed by atoms with Crippen molar-refractivity contribution in [2.24, 2.45) is 5.92 Å². The second-order valence-corrected chi connectivity index (χ2v) is 7.83. The molecule has 1 heterocycles. The van der Waals surface area contributed by atoms with Crippen LogP contribution in [0.25, 0.3) is 0 Å². The van der Waals surface area contributed by atoms with E-state index in [0.29, 0.717) is 6.04 Å². The summed E-state index contributed by atoms with van der Waals surface area (Å²) in [5.74, 6) is 0.963. The van der Waals surface area contributed by atoms with Gasteiger partial charge in [-0.3, -0.25) is 0 Å². The fourth-order valence-corrected chi connectivity index (χ4v) is 4.55. The lowest BCUT2D eigenvalue weighted by Crippen LogP contribution is -2.52. The number of hydrogen-bond donors (Lipinski definition) is 1. The maximum absolute atomic E-state index is 3.93. The van der Waals surface area contributed by atoms with Gasteiger partial charge >= 0.3 is 0 Å². The highest BCUT2D eigenvalue weighted by atomic mass is 79.9. The minimum absolute atomic E-state index is 0.682. The third-order valence-corrected chi connectivity index (χ3v) is 5.61. The molecule has 2 aliphatic rings. The Labute approximate surface area is 137 Å². The van der Waals surface area contributed by atoms with Crippen molar-refractivity contribution in [1.29, 1.82) is 0 Å². The third-order valence-electron chi connectivity index (χ3n) is 5.12. The molecule has 0 amide bonds. The van der Waals surface area contributed by atoms with Gasteiger partial charge < -0.3 is 10.2 Å². The maximum Gasteiger partial charge on any atom is 0.0231 e. The van der Waals surface area contributed by atoms with Gasteiger partial charge in [0.05, 0.1) is 0 Å². The number of benzene rings is 1. The second-order valence-electron chi connectivity index (χ2n) is 6.92. The summed E-state index contributed by atoms with van der Waals surface area (Å²) in [5, 5.41) is 3.93. The summed E-state index contributed by atoms with van der Waals surface area (Å²) < 4.78 is 1.18. The average molecular weight is 351 g/mol. The van der Waals surface area contributed by atoms with Crippen molar-refractivity contribution in [1.82, 2.24) is 10.2 Å². The van der Waals surface area contributed by atoms with Crippen LogP contribution in [0.2, 0.25) is 0 Å². The van der Waals surface area contributed by atoms with Crippen molar-refractivity contribution in [3.63, 3.8) is 0 Å². The van der Waals surface area contributed by atoms with Crippen LogP contribution in [0.3, 0.4) is 0 Å². The van der Waals surface area contributed by atoms with Gasteiger partial charge in [0.2, 0.25) is 0 Å². The van der Waals surface area contributed by atoms with Crippen LogP contribution in [-0.4, -0.2) is 30.6 Å². The van der Waals surface area contributed by atoms with E-state index in [9.17, 15) is 0 Å². The monoisotopic (exact) mass is 350 g/mol. The van der Waals surface area contributed by atoms with Crippen LogP contribution in [0.1, 0.15) is 44.1 Å². The molecule has 1 aromatic rings. The Morgan fingerprint density at radius 3 is 2.90 bits per heavy atom. The Balaban J connectivity index is 1.49. The Kier molecular flexibility index (Phi) is 5.36. The number of piperidine rings is 1. The fourth-order valence-electron chi connectivity index (χ4n) is 4.11. The molecule has 0 bridgehead atoms. The average Bonchev–Trinajstić information content (AvgIpc) is 2.47. The molecule has 0 spiro atoms. The standard InChI is InChI=1S/C18H27BrN2/c1-21(12-14-5-4-7-16(19)11-14)13-17-10-9-15-6-2-3-8-18(15)20-17/h4-5,7,11,15,17-18,20H,2-3,6,8-10,12-13H2,1H3. The maximum atomic E-state index is 3.93. The summed E-state index contributed by atoms with van der Waals surface area (Å²) in [6.45, 7) is 2.20. The molecule has 116 valence electrons. The van der Waals surface area contributed by atoms with Crippen LogP contribution in [0.15, 0.2) is 28.7 Å². The fraction of sp³-hybridized carbons (Fsp3) is 0.667. The molecule has 21 heavy (non-hydrogen) atoms. The van der Waals surface area contributed by atoms with Crippen molar-refractivity contribution in [2.75, 3.05) is 13.6 Å². The number of halogens is 1. The first kappa shape index (κ1) is 15.5. The lowest BCUT2D eigenvalue weighted by atomic mass is 9.78. The molecule has 1 saturated heterocycles. The smallest absolute Gasteiger partial charge is 0.0231 e. The predicted molar refractivity (Wildman–Crippen MR) is 92.4 cm³/mol. The van der Waals surface area contributed by atoms with E-state index in [1.807, 2.05) is 0 Å². The molecular weight excluding hydrogens is 324 g/mol. The number of nitrogens with one attached hydrogen (secondary N) is 1. The van der Waals surface area contributed by atoms with E-state index < -0.39 is 0 Å². The first-order valence-corrected chi connectivity index (χ1v) is 9.19. The molecule has 3 unspecified atom stereocenters. The van der Waals surface area contributed by atoms with Gasteiger partial charge in [-0.2, -0.15) is 0 Å². The normalized spacial score (nSPS) is 29.4. The molecule has 2 fully saturated rings. The largest absolute Gasteiger partial charge is 0.310 e. The zero-order chi connectivity index (χ0) is 14.7. The molecule has 0 radical (unpaired) electrons. The molecule has 2 nitrogen and oxygen atoms in total. The van der Waals surface area contributed by atoms with E-state index in [0.717, 1.165) is 25.0 Å². The Morgan fingerprint density at radius 2 is 2.05 bits per heavy atom. The van der Waals surface area contributed by atoms with E-state index in [-0.39, 0.29) is 0 Å². The minimum Gasteiger partial charge on any atom is -0.310 e. The van der Waals surface area contributed by atoms with Crippen LogP contribution in [0.5, 0.6) is 0 Å². The molecule has 3 rings (SSSR count). The highest BCUT2D eigenvalue weighted by Crippen LogP contribution is 2.32. The van der Waals surface area contributed by atoms with E-state index >= 15 is 0 Å². The van der Waals surface area contributed by atoms with Crippen molar-refractivity contribution in [3.05, 3.63) is 34.3 Å². The quantitative estimate of drug-likeness (QED) is 0.875. The van der Waals surface area contributed by atoms with E-state index in [1.54, 1.807) is 0 Å². The summed E-state index contributed by atoms with van der Waals surface area (Å²) in [6.07, 6.45) is 8.52. The number of rotatable bonds is 4. The molecule has 3 heteroatoms. The number of hydrogen-bond acceptors (Lipinski definition) is 2. The highest BCUT2D eigenvalue weighted by molar-refractivity contribution is 9.10. The zero-order valence-electron chi connectivity index (χ0n) is 13.0. The number of fused-ring (bicyclic) bond motifs is 1. The summed E-state index contributed by atoms with van der Waals surface area (Å²) in [5.41, 5.74) is 1.39. The van der Waals surface area contributed by atoms with Crippen molar-refractivity contribution in [3.8, 4) is 0 Å². The van der Waals surface area contributed by atoms with Crippen molar-refractivity contribution >= 4 is 15.9 Å². The summed E-state index contributed by atoms with van der Waals surface area (Å²) >= 11 is 3.56. The van der Waals surface area contributed by atoms with Crippen LogP contribution < -0.4 is 5.32 Å². The van der Waals surface area contributed by atoms with E-state index in [4.69, 9.17) is 0 Å². The van der Waals surface area contributed by atoms with Gasteiger partial charge in [-0.15, -0.1) is 0 Å². The van der Waals surface area contributed by atoms with Crippen LogP contribution in [0.4, 0.5) is 0 Å². The van der Waals surface area contributed by atoms with Crippen LogP contribution >= 0.6 is 15.9 Å². The van der Waals surface area contributed by atoms with Crippen molar-refractivity contribution in [2.45, 2.75) is 57.2 Å². The molecule has 0 aromatic heterocycles. The van der Waals surface area contributed by atoms with Gasteiger partial charge in [-0.1, -0.05) is 40.9 Å². The van der Waals surface area contributed by atoms with Crippen LogP contribution in [-0.2, 0) is 6.54 Å². The second kappa shape index (κ2) is 7.26. The minimum atomic E-state index is 0.682. The molecular formula is C18H27BrN2. The third kappa shape index (κ3) is 4.30. The van der Waals surface area contributed by atoms with Gasteiger partial charge in [0.15, 0.2) is 0 Å². The van der Waals surface area contributed by atoms with Gasteiger partial charge in [-0.25, -0.2) is 0 Å². The summed E-state index contributed by atoms with van der Waals surface area (Å²) in [6, 6.07) is 10.1. The Hall–Kier alpha value is -0.380. The summed E-state index contributed by atoms with van der Waals surface area (Å²) in [4.78, 5) is 2.46. The first-order chi connectivity index (χ1) is 10.2. The highest BCUT2D eigenvalue weighted by Gasteiger charge is 2.31. The summed E-state index contributed by atoms with van der Waals surface area (Å²) in [7, 11) is 2.25. The Morgan fingerprint density at radius 1 is 1.19 bits per heavy atom. The van der Waals surface area contributed by atoms with Gasteiger partial charge in [0.25, 0.3) is 0 Å². The lowest BCUT2D eigenvalue weighted by Gasteiger charge is -2.41.